The van der Waals surface area contributed by atoms with Crippen molar-refractivity contribution in [3.63, 3.8) is 0 Å². The number of hydrogen-bond acceptors (Lipinski definition) is 7. The van der Waals surface area contributed by atoms with Crippen molar-refractivity contribution in [1.29, 1.82) is 0 Å². The van der Waals surface area contributed by atoms with Crippen LogP contribution in [0.15, 0.2) is 24.3 Å². The minimum Gasteiger partial charge on any atom is -0.492 e. The standard InChI is InChI=1S/C19H23N5O3S/c1-11-8-12(2)10-22(9-11)16(14-4-6-15(7-5-14)24(26)27)17-18(25)23-19(28-17)20-13(3)21-23/h4-7,11-12,16,25H,8-10H2,1-3H3/t11-,12+,16-/m1/s1. The maximum atomic E-state index is 11.0. The van der Waals surface area contributed by atoms with E-state index in [4.69, 9.17) is 0 Å². The topological polar surface area (TPSA) is 96.8 Å². The Morgan fingerprint density at radius 3 is 2.46 bits per heavy atom. The van der Waals surface area contributed by atoms with Crippen molar-refractivity contribution >= 4 is 22.0 Å². The number of piperidine rings is 1. The summed E-state index contributed by atoms with van der Waals surface area (Å²) in [4.78, 5) is 18.8. The summed E-state index contributed by atoms with van der Waals surface area (Å²) in [6, 6.07) is 6.43. The lowest BCUT2D eigenvalue weighted by Gasteiger charge is -2.40. The van der Waals surface area contributed by atoms with Crippen LogP contribution in [0.2, 0.25) is 0 Å². The average molecular weight is 401 g/mol. The summed E-state index contributed by atoms with van der Waals surface area (Å²) >= 11 is 1.42. The van der Waals surface area contributed by atoms with Gasteiger partial charge in [-0.2, -0.15) is 4.52 Å². The van der Waals surface area contributed by atoms with Crippen molar-refractivity contribution in [2.75, 3.05) is 13.1 Å². The molecule has 1 saturated heterocycles. The molecule has 1 aliphatic heterocycles. The molecule has 8 nitrogen and oxygen atoms in total. The predicted molar refractivity (Wildman–Crippen MR) is 107 cm³/mol. The Kier molecular flexibility index (Phi) is 4.80. The molecule has 3 heterocycles. The molecule has 0 radical (unpaired) electrons. The number of hydrogen-bond donors (Lipinski definition) is 1. The van der Waals surface area contributed by atoms with E-state index < -0.39 is 4.92 Å². The smallest absolute Gasteiger partial charge is 0.269 e. The summed E-state index contributed by atoms with van der Waals surface area (Å²) in [5.74, 6) is 1.78. The second-order valence-electron chi connectivity index (χ2n) is 7.79. The summed E-state index contributed by atoms with van der Waals surface area (Å²) in [5.41, 5.74) is 0.980. The molecule has 0 bridgehead atoms. The number of nitro groups is 1. The summed E-state index contributed by atoms with van der Waals surface area (Å²) in [7, 11) is 0. The SMILES string of the molecule is Cc1nc2sc([C@@H](c3ccc([N+](=O)[O-])cc3)N3C[C@H](C)C[C@H](C)C3)c(O)n2n1. The third-order valence-electron chi connectivity index (χ3n) is 5.24. The van der Waals surface area contributed by atoms with Crippen LogP contribution in [0.5, 0.6) is 5.88 Å². The first-order valence-corrected chi connectivity index (χ1v) is 10.2. The van der Waals surface area contributed by atoms with E-state index in [1.165, 1.54) is 34.4 Å². The van der Waals surface area contributed by atoms with Gasteiger partial charge in [-0.25, -0.2) is 4.98 Å². The van der Waals surface area contributed by atoms with E-state index in [0.29, 0.717) is 22.6 Å². The Hall–Kier alpha value is -2.52. The van der Waals surface area contributed by atoms with Gasteiger partial charge in [-0.3, -0.25) is 15.0 Å². The van der Waals surface area contributed by atoms with Crippen LogP contribution in [0.1, 0.15) is 42.6 Å². The highest BCUT2D eigenvalue weighted by Gasteiger charge is 2.33. The van der Waals surface area contributed by atoms with E-state index in [9.17, 15) is 15.2 Å². The molecule has 1 aliphatic rings. The van der Waals surface area contributed by atoms with Crippen molar-refractivity contribution in [2.45, 2.75) is 33.2 Å². The van der Waals surface area contributed by atoms with Crippen LogP contribution in [0.4, 0.5) is 5.69 Å². The van der Waals surface area contributed by atoms with Gasteiger partial charge in [0.05, 0.1) is 15.8 Å². The molecule has 0 amide bonds. The highest BCUT2D eigenvalue weighted by molar-refractivity contribution is 7.17. The van der Waals surface area contributed by atoms with Gasteiger partial charge in [0.2, 0.25) is 10.8 Å². The molecular weight excluding hydrogens is 378 g/mol. The zero-order chi connectivity index (χ0) is 20.0. The van der Waals surface area contributed by atoms with E-state index in [1.807, 2.05) is 0 Å². The van der Waals surface area contributed by atoms with E-state index in [1.54, 1.807) is 19.1 Å². The molecule has 1 fully saturated rings. The fraction of sp³-hybridized carbons (Fsp3) is 0.474. The van der Waals surface area contributed by atoms with Gasteiger partial charge < -0.3 is 5.11 Å². The maximum Gasteiger partial charge on any atom is 0.269 e. The first-order chi connectivity index (χ1) is 13.3. The largest absolute Gasteiger partial charge is 0.492 e. The number of aryl methyl sites for hydroxylation is 1. The fourth-order valence-corrected chi connectivity index (χ4v) is 5.42. The third kappa shape index (κ3) is 3.35. The predicted octanol–water partition coefficient (Wildman–Crippen LogP) is 3.78. The van der Waals surface area contributed by atoms with Crippen LogP contribution in [-0.4, -0.2) is 42.6 Å². The van der Waals surface area contributed by atoms with Crippen LogP contribution >= 0.6 is 11.3 Å². The van der Waals surface area contributed by atoms with Crippen molar-refractivity contribution < 1.29 is 10.0 Å². The Morgan fingerprint density at radius 1 is 1.25 bits per heavy atom. The summed E-state index contributed by atoms with van der Waals surface area (Å²) < 4.78 is 1.48. The molecule has 2 aromatic heterocycles. The fourth-order valence-electron chi connectivity index (χ4n) is 4.25. The second-order valence-corrected chi connectivity index (χ2v) is 8.80. The Bertz CT molecular complexity index is 1000. The molecular formula is C19H23N5O3S. The molecule has 0 unspecified atom stereocenters. The highest BCUT2D eigenvalue weighted by Crippen LogP contribution is 2.42. The number of rotatable bonds is 4. The molecule has 9 heteroatoms. The quantitative estimate of drug-likeness (QED) is 0.528. The lowest BCUT2D eigenvalue weighted by atomic mass is 9.89. The molecule has 28 heavy (non-hydrogen) atoms. The molecule has 3 atom stereocenters. The highest BCUT2D eigenvalue weighted by atomic mass is 32.1. The van der Waals surface area contributed by atoms with Gasteiger partial charge in [-0.15, -0.1) is 5.10 Å². The molecule has 0 aliphatic carbocycles. The van der Waals surface area contributed by atoms with Crippen LogP contribution in [0.25, 0.3) is 4.96 Å². The second kappa shape index (κ2) is 7.14. The average Bonchev–Trinajstić information content (AvgIpc) is 3.13. The number of nitrogens with zero attached hydrogens (tertiary/aromatic N) is 5. The van der Waals surface area contributed by atoms with Crippen molar-refractivity contribution in [3.8, 4) is 5.88 Å². The summed E-state index contributed by atoms with van der Waals surface area (Å²) in [6.45, 7) is 8.07. The zero-order valence-corrected chi connectivity index (χ0v) is 16.9. The third-order valence-corrected chi connectivity index (χ3v) is 6.31. The van der Waals surface area contributed by atoms with Gasteiger partial charge >= 0.3 is 0 Å². The number of aromatic hydroxyl groups is 1. The normalized spacial score (nSPS) is 21.8. The van der Waals surface area contributed by atoms with Crippen LogP contribution < -0.4 is 0 Å². The lowest BCUT2D eigenvalue weighted by Crippen LogP contribution is -2.41. The molecule has 4 rings (SSSR count). The lowest BCUT2D eigenvalue weighted by molar-refractivity contribution is -0.384. The monoisotopic (exact) mass is 401 g/mol. The minimum absolute atomic E-state index is 0.0605. The van der Waals surface area contributed by atoms with Gasteiger partial charge in [0.1, 0.15) is 5.82 Å². The first-order valence-electron chi connectivity index (χ1n) is 9.37. The van der Waals surface area contributed by atoms with Gasteiger partial charge in [-0.1, -0.05) is 37.3 Å². The molecule has 1 N–H and O–H groups in total. The molecule has 0 spiro atoms. The summed E-state index contributed by atoms with van der Waals surface area (Å²) in [5, 5.41) is 26.2. The molecule has 3 aromatic rings. The van der Waals surface area contributed by atoms with Crippen molar-refractivity contribution in [1.82, 2.24) is 19.5 Å². The summed E-state index contributed by atoms with van der Waals surface area (Å²) in [6.07, 6.45) is 1.17. The molecule has 148 valence electrons. The van der Waals surface area contributed by atoms with Crippen LogP contribution in [-0.2, 0) is 0 Å². The number of benzene rings is 1. The zero-order valence-electron chi connectivity index (χ0n) is 16.1. The minimum atomic E-state index is -0.396. The maximum absolute atomic E-state index is 11.0. The Balaban J connectivity index is 1.81. The van der Waals surface area contributed by atoms with Crippen molar-refractivity contribution in [3.05, 3.63) is 50.6 Å². The van der Waals surface area contributed by atoms with Gasteiger partial charge in [0.25, 0.3) is 5.69 Å². The van der Waals surface area contributed by atoms with Gasteiger partial charge in [0.15, 0.2) is 0 Å². The number of nitro benzene ring substituents is 1. The van der Waals surface area contributed by atoms with Crippen LogP contribution in [0.3, 0.4) is 0 Å². The number of likely N-dealkylation sites (tertiary alicyclic amines) is 1. The van der Waals surface area contributed by atoms with E-state index in [0.717, 1.165) is 23.5 Å². The van der Waals surface area contributed by atoms with E-state index >= 15 is 0 Å². The van der Waals surface area contributed by atoms with E-state index in [2.05, 4.69) is 28.8 Å². The number of thiazole rings is 1. The van der Waals surface area contributed by atoms with E-state index in [-0.39, 0.29) is 17.6 Å². The first kappa shape index (κ1) is 18.8. The molecule has 1 aromatic carbocycles. The van der Waals surface area contributed by atoms with Gasteiger partial charge in [0, 0.05) is 25.2 Å². The molecule has 0 saturated carbocycles. The number of aromatic nitrogens is 3. The van der Waals surface area contributed by atoms with Crippen molar-refractivity contribution in [2.24, 2.45) is 11.8 Å². The Labute approximate surface area is 166 Å². The van der Waals surface area contributed by atoms with Gasteiger partial charge in [-0.05, 0) is 30.7 Å². The number of fused-ring (bicyclic) bond motifs is 1. The number of non-ortho nitro benzene ring substituents is 1. The Morgan fingerprint density at radius 2 is 1.89 bits per heavy atom. The van der Waals surface area contributed by atoms with Crippen LogP contribution in [0, 0.1) is 28.9 Å².